The van der Waals surface area contributed by atoms with Gasteiger partial charge in [-0.3, -0.25) is 19.3 Å². The zero-order valence-corrected chi connectivity index (χ0v) is 15.4. The average Bonchev–Trinajstić information content (AvgIpc) is 3.31. The van der Waals surface area contributed by atoms with Crippen molar-refractivity contribution in [1.82, 2.24) is 14.8 Å². The predicted molar refractivity (Wildman–Crippen MR) is 98.0 cm³/mol. The summed E-state index contributed by atoms with van der Waals surface area (Å²) in [5.74, 6) is 0.0144. The summed E-state index contributed by atoms with van der Waals surface area (Å²) >= 11 is 2.65. The lowest BCUT2D eigenvalue weighted by Crippen LogP contribution is -2.41. The van der Waals surface area contributed by atoms with Gasteiger partial charge in [0.05, 0.1) is 27.0 Å². The van der Waals surface area contributed by atoms with Gasteiger partial charge in [0.1, 0.15) is 0 Å². The van der Waals surface area contributed by atoms with E-state index in [1.807, 2.05) is 12.1 Å². The Morgan fingerprint density at radius 1 is 1.36 bits per heavy atom. The number of thioether (sulfide) groups is 1. The molecule has 1 aromatic heterocycles. The van der Waals surface area contributed by atoms with Gasteiger partial charge in [-0.1, -0.05) is 18.7 Å². The highest BCUT2D eigenvalue weighted by molar-refractivity contribution is 8.14. The highest BCUT2D eigenvalue weighted by Crippen LogP contribution is 2.28. The third kappa shape index (κ3) is 2.93. The lowest BCUT2D eigenvalue weighted by atomic mass is 10.2. The van der Waals surface area contributed by atoms with Crippen molar-refractivity contribution in [2.45, 2.75) is 25.8 Å². The predicted octanol–water partition coefficient (Wildman–Crippen LogP) is 2.77. The molecule has 2 aliphatic heterocycles. The summed E-state index contributed by atoms with van der Waals surface area (Å²) in [7, 11) is 0. The summed E-state index contributed by atoms with van der Waals surface area (Å²) in [5, 5.41) is 0.867. The minimum absolute atomic E-state index is 0.0532. The first-order chi connectivity index (χ1) is 12.1. The molecule has 0 spiro atoms. The molecule has 2 saturated heterocycles. The van der Waals surface area contributed by atoms with E-state index in [2.05, 4.69) is 11.9 Å². The maximum atomic E-state index is 12.8. The van der Waals surface area contributed by atoms with Gasteiger partial charge in [0.15, 0.2) is 0 Å². The highest BCUT2D eigenvalue weighted by Gasteiger charge is 2.40. The Balaban J connectivity index is 1.51. The van der Waals surface area contributed by atoms with E-state index in [0.717, 1.165) is 33.4 Å². The van der Waals surface area contributed by atoms with Crippen molar-refractivity contribution in [3.8, 4) is 0 Å². The Morgan fingerprint density at radius 3 is 2.92 bits per heavy atom. The molecule has 6 nitrogen and oxygen atoms in total. The second kappa shape index (κ2) is 6.42. The van der Waals surface area contributed by atoms with Crippen LogP contribution in [0.5, 0.6) is 0 Å². The number of fused-ring (bicyclic) bond motifs is 1. The number of carbonyl (C=O) groups excluding carboxylic acids is 3. The van der Waals surface area contributed by atoms with Crippen LogP contribution in [0.2, 0.25) is 0 Å². The monoisotopic (exact) mass is 375 g/mol. The summed E-state index contributed by atoms with van der Waals surface area (Å²) in [6, 6.07) is 5.39. The quantitative estimate of drug-likeness (QED) is 0.825. The number of amides is 3. The summed E-state index contributed by atoms with van der Waals surface area (Å²) in [4.78, 5) is 44.1. The maximum Gasteiger partial charge on any atom is 0.289 e. The van der Waals surface area contributed by atoms with E-state index >= 15 is 0 Å². The summed E-state index contributed by atoms with van der Waals surface area (Å²) in [6.07, 6.45) is 1.53. The van der Waals surface area contributed by atoms with E-state index in [4.69, 9.17) is 0 Å². The van der Waals surface area contributed by atoms with Gasteiger partial charge >= 0.3 is 0 Å². The van der Waals surface area contributed by atoms with Crippen LogP contribution in [0.25, 0.3) is 10.2 Å². The molecule has 0 saturated carbocycles. The lowest BCUT2D eigenvalue weighted by Gasteiger charge is -2.22. The van der Waals surface area contributed by atoms with Crippen LogP contribution >= 0.6 is 23.1 Å². The van der Waals surface area contributed by atoms with Crippen LogP contribution in [0, 0.1) is 0 Å². The number of hydrogen-bond donors (Lipinski definition) is 0. The number of thiazole rings is 1. The summed E-state index contributed by atoms with van der Waals surface area (Å²) in [5.41, 5.74) is 1.55. The number of imide groups is 1. The number of carbonyl (C=O) groups is 3. The molecule has 3 heterocycles. The van der Waals surface area contributed by atoms with Crippen molar-refractivity contribution < 1.29 is 14.4 Å². The molecular formula is C17H17N3O3S2. The second-order valence-corrected chi connectivity index (χ2v) is 8.20. The third-order valence-corrected chi connectivity index (χ3v) is 6.58. The molecule has 0 N–H and O–H groups in total. The fourth-order valence-electron chi connectivity index (χ4n) is 3.29. The van der Waals surface area contributed by atoms with Gasteiger partial charge in [-0.15, -0.1) is 11.3 Å². The normalized spacial score (nSPS) is 20.9. The molecule has 4 rings (SSSR count). The molecule has 1 atom stereocenters. The first-order valence-corrected chi connectivity index (χ1v) is 10.0. The zero-order valence-electron chi connectivity index (χ0n) is 13.7. The third-order valence-electron chi connectivity index (χ3n) is 4.58. The number of benzene rings is 1. The van der Waals surface area contributed by atoms with E-state index in [0.29, 0.717) is 25.1 Å². The number of rotatable bonds is 3. The Bertz CT molecular complexity index is 863. The van der Waals surface area contributed by atoms with Crippen molar-refractivity contribution in [2.24, 2.45) is 0 Å². The molecule has 130 valence electrons. The minimum atomic E-state index is -0.197. The molecule has 0 aliphatic carbocycles. The SMILES string of the molecule is CCc1nc2ccc(C(=O)N3CCC(N4C(=O)CSC4=O)C3)cc2s1. The van der Waals surface area contributed by atoms with Crippen LogP contribution in [0.15, 0.2) is 18.2 Å². The first kappa shape index (κ1) is 16.5. The Hall–Kier alpha value is -1.93. The van der Waals surface area contributed by atoms with Gasteiger partial charge in [0.2, 0.25) is 5.91 Å². The van der Waals surface area contributed by atoms with Crippen molar-refractivity contribution in [3.05, 3.63) is 28.8 Å². The largest absolute Gasteiger partial charge is 0.336 e. The minimum Gasteiger partial charge on any atom is -0.336 e. The first-order valence-electron chi connectivity index (χ1n) is 8.24. The van der Waals surface area contributed by atoms with Crippen LogP contribution in [-0.2, 0) is 11.2 Å². The molecule has 0 radical (unpaired) electrons. The molecule has 8 heteroatoms. The van der Waals surface area contributed by atoms with Crippen LogP contribution in [0.3, 0.4) is 0 Å². The van der Waals surface area contributed by atoms with Crippen LogP contribution in [0.4, 0.5) is 4.79 Å². The number of aromatic nitrogens is 1. The molecule has 1 aromatic carbocycles. The summed E-state index contributed by atoms with van der Waals surface area (Å²) in [6.45, 7) is 3.04. The molecule has 1 unspecified atom stereocenters. The van der Waals surface area contributed by atoms with E-state index in [-0.39, 0.29) is 28.8 Å². The fraction of sp³-hybridized carbons (Fsp3) is 0.412. The standard InChI is InChI=1S/C17H17N3O3S2/c1-2-14-18-12-4-3-10(7-13(12)25-14)16(22)19-6-5-11(8-19)20-15(21)9-24-17(20)23/h3-4,7,11H,2,5-6,8-9H2,1H3. The molecular weight excluding hydrogens is 358 g/mol. The van der Waals surface area contributed by atoms with Crippen molar-refractivity contribution >= 4 is 50.4 Å². The second-order valence-electron chi connectivity index (χ2n) is 6.16. The van der Waals surface area contributed by atoms with E-state index < -0.39 is 0 Å². The Kier molecular flexibility index (Phi) is 4.24. The lowest BCUT2D eigenvalue weighted by molar-refractivity contribution is -0.126. The highest BCUT2D eigenvalue weighted by atomic mass is 32.2. The smallest absolute Gasteiger partial charge is 0.289 e. The Labute approximate surface area is 153 Å². The number of aryl methyl sites for hydroxylation is 1. The van der Waals surface area contributed by atoms with E-state index in [1.54, 1.807) is 22.3 Å². The van der Waals surface area contributed by atoms with E-state index in [1.165, 1.54) is 4.90 Å². The molecule has 3 amide bonds. The van der Waals surface area contributed by atoms with Gasteiger partial charge < -0.3 is 4.90 Å². The zero-order chi connectivity index (χ0) is 17.6. The molecule has 2 aromatic rings. The number of likely N-dealkylation sites (tertiary alicyclic amines) is 1. The van der Waals surface area contributed by atoms with Gasteiger partial charge in [0, 0.05) is 18.7 Å². The molecule has 0 bridgehead atoms. The molecule has 2 fully saturated rings. The van der Waals surface area contributed by atoms with E-state index in [9.17, 15) is 14.4 Å². The van der Waals surface area contributed by atoms with Crippen LogP contribution in [0.1, 0.15) is 28.7 Å². The van der Waals surface area contributed by atoms with Crippen molar-refractivity contribution in [1.29, 1.82) is 0 Å². The topological polar surface area (TPSA) is 70.6 Å². The van der Waals surface area contributed by atoms with Gasteiger partial charge in [-0.2, -0.15) is 0 Å². The summed E-state index contributed by atoms with van der Waals surface area (Å²) < 4.78 is 1.01. The number of hydrogen-bond acceptors (Lipinski definition) is 6. The van der Waals surface area contributed by atoms with Crippen molar-refractivity contribution in [3.63, 3.8) is 0 Å². The maximum absolute atomic E-state index is 12.8. The van der Waals surface area contributed by atoms with Crippen molar-refractivity contribution in [2.75, 3.05) is 18.8 Å². The Morgan fingerprint density at radius 2 is 2.20 bits per heavy atom. The number of nitrogens with zero attached hydrogens (tertiary/aromatic N) is 3. The van der Waals surface area contributed by atoms with Crippen LogP contribution < -0.4 is 0 Å². The molecule has 2 aliphatic rings. The fourth-order valence-corrected chi connectivity index (χ4v) is 5.02. The van der Waals surface area contributed by atoms with Gasteiger partial charge in [-0.05, 0) is 31.0 Å². The average molecular weight is 375 g/mol. The van der Waals surface area contributed by atoms with Gasteiger partial charge in [-0.25, -0.2) is 4.98 Å². The van der Waals surface area contributed by atoms with Crippen LogP contribution in [-0.4, -0.2) is 56.7 Å². The van der Waals surface area contributed by atoms with Gasteiger partial charge in [0.25, 0.3) is 11.1 Å². The molecule has 25 heavy (non-hydrogen) atoms.